The fourth-order valence-electron chi connectivity index (χ4n) is 2.90. The molecule has 0 aliphatic rings. The highest BCUT2D eigenvalue weighted by Crippen LogP contribution is 2.26. The molecule has 3 N–H and O–H groups in total. The van der Waals surface area contributed by atoms with Crippen molar-refractivity contribution in [3.8, 4) is 0 Å². The van der Waals surface area contributed by atoms with Crippen molar-refractivity contribution in [1.29, 1.82) is 0 Å². The molecule has 122 valence electrons. The number of aromatic amines is 1. The quantitative estimate of drug-likeness (QED) is 0.770. The lowest BCUT2D eigenvalue weighted by Crippen LogP contribution is -2.30. The van der Waals surface area contributed by atoms with Crippen LogP contribution in [0.15, 0.2) is 23.0 Å². The molecule has 0 saturated heterocycles. The van der Waals surface area contributed by atoms with Crippen LogP contribution in [-0.2, 0) is 6.54 Å². The molecule has 1 aromatic carbocycles. The zero-order valence-electron chi connectivity index (χ0n) is 13.6. The van der Waals surface area contributed by atoms with Crippen LogP contribution in [0.5, 0.6) is 0 Å². The van der Waals surface area contributed by atoms with Crippen LogP contribution in [-0.4, -0.2) is 20.8 Å². The number of halogens is 1. The number of benzene rings is 1. The zero-order chi connectivity index (χ0) is 16.7. The molecule has 2 aromatic heterocycles. The molecule has 0 amide bonds. The second-order valence-corrected chi connectivity index (χ2v) is 6.82. The third-order valence-electron chi connectivity index (χ3n) is 4.45. The van der Waals surface area contributed by atoms with E-state index in [2.05, 4.69) is 24.0 Å². The first-order valence-corrected chi connectivity index (χ1v) is 8.20. The predicted octanol–water partition coefficient (Wildman–Crippen LogP) is 3.21. The molecule has 0 bridgehead atoms. The fraction of sp³-hybridized carbons (Fsp3) is 0.412. The second-order valence-electron chi connectivity index (χ2n) is 6.39. The zero-order valence-corrected chi connectivity index (χ0v) is 14.3. The van der Waals surface area contributed by atoms with Crippen molar-refractivity contribution in [2.45, 2.75) is 39.8 Å². The Balaban J connectivity index is 2.23. The Hall–Kier alpha value is -1.85. The van der Waals surface area contributed by atoms with Gasteiger partial charge in [-0.25, -0.2) is 0 Å². The normalized spacial score (nSPS) is 13.3. The molecular formula is C17H21ClN4O. The Morgan fingerprint density at radius 2 is 2.13 bits per heavy atom. The third kappa shape index (κ3) is 2.75. The molecule has 0 spiro atoms. The summed E-state index contributed by atoms with van der Waals surface area (Å²) in [5.41, 5.74) is 8.41. The Morgan fingerprint density at radius 1 is 1.39 bits per heavy atom. The number of H-pyrrole nitrogens is 1. The van der Waals surface area contributed by atoms with Gasteiger partial charge in [-0.1, -0.05) is 25.4 Å². The van der Waals surface area contributed by atoms with Crippen molar-refractivity contribution in [3.63, 3.8) is 0 Å². The van der Waals surface area contributed by atoms with Crippen molar-refractivity contribution < 1.29 is 0 Å². The van der Waals surface area contributed by atoms with E-state index in [1.54, 1.807) is 10.6 Å². The molecule has 3 aromatic rings. The Kier molecular flexibility index (Phi) is 4.17. The van der Waals surface area contributed by atoms with E-state index in [-0.39, 0.29) is 11.6 Å². The van der Waals surface area contributed by atoms with Gasteiger partial charge >= 0.3 is 0 Å². The summed E-state index contributed by atoms with van der Waals surface area (Å²) in [6.45, 7) is 6.62. The Morgan fingerprint density at radius 3 is 2.83 bits per heavy atom. The molecule has 0 fully saturated rings. The SMILES string of the molecule is Cc1[nH]nc2c1c(=O)n(CCC(N)C(C)C)c1ccc(Cl)cc21. The third-order valence-corrected chi connectivity index (χ3v) is 4.69. The molecule has 2 heterocycles. The van der Waals surface area contributed by atoms with Crippen LogP contribution >= 0.6 is 11.6 Å². The van der Waals surface area contributed by atoms with Gasteiger partial charge in [-0.05, 0) is 37.5 Å². The number of nitrogens with zero attached hydrogens (tertiary/aromatic N) is 2. The standard InChI is InChI=1S/C17H21ClN4O/c1-9(2)13(19)6-7-22-14-5-4-11(18)8-12(14)16-15(17(22)23)10(3)20-21-16/h4-5,8-9,13H,6-7,19H2,1-3H3,(H,20,21). The second kappa shape index (κ2) is 5.98. The van der Waals surface area contributed by atoms with Crippen molar-refractivity contribution in [2.24, 2.45) is 11.7 Å². The van der Waals surface area contributed by atoms with E-state index in [4.69, 9.17) is 17.3 Å². The molecule has 1 atom stereocenters. The van der Waals surface area contributed by atoms with Crippen LogP contribution in [0.3, 0.4) is 0 Å². The lowest BCUT2D eigenvalue weighted by molar-refractivity contribution is 0.436. The van der Waals surface area contributed by atoms with Gasteiger partial charge in [-0.15, -0.1) is 0 Å². The number of aromatic nitrogens is 3. The number of nitrogens with one attached hydrogen (secondary N) is 1. The van der Waals surface area contributed by atoms with Crippen molar-refractivity contribution >= 4 is 33.4 Å². The number of nitrogens with two attached hydrogens (primary N) is 1. The minimum atomic E-state index is -0.0305. The largest absolute Gasteiger partial charge is 0.327 e. The van der Waals surface area contributed by atoms with E-state index in [0.29, 0.717) is 28.4 Å². The van der Waals surface area contributed by atoms with E-state index in [1.807, 2.05) is 19.1 Å². The molecular weight excluding hydrogens is 312 g/mol. The van der Waals surface area contributed by atoms with Gasteiger partial charge in [-0.2, -0.15) is 5.10 Å². The van der Waals surface area contributed by atoms with Gasteiger partial charge < -0.3 is 10.3 Å². The highest BCUT2D eigenvalue weighted by atomic mass is 35.5. The smallest absolute Gasteiger partial charge is 0.262 e. The number of pyridine rings is 1. The number of hydrogen-bond acceptors (Lipinski definition) is 3. The average Bonchev–Trinajstić information content (AvgIpc) is 2.89. The van der Waals surface area contributed by atoms with Gasteiger partial charge in [0, 0.05) is 28.7 Å². The highest BCUT2D eigenvalue weighted by molar-refractivity contribution is 6.31. The Labute approximate surface area is 139 Å². The van der Waals surface area contributed by atoms with Gasteiger partial charge in [0.05, 0.1) is 10.9 Å². The Bertz CT molecular complexity index is 926. The maximum Gasteiger partial charge on any atom is 0.262 e. The van der Waals surface area contributed by atoms with Crippen molar-refractivity contribution in [2.75, 3.05) is 0 Å². The molecule has 0 saturated carbocycles. The number of hydrogen-bond donors (Lipinski definition) is 2. The highest BCUT2D eigenvalue weighted by Gasteiger charge is 2.16. The monoisotopic (exact) mass is 332 g/mol. The summed E-state index contributed by atoms with van der Waals surface area (Å²) in [6, 6.07) is 5.60. The lowest BCUT2D eigenvalue weighted by atomic mass is 10.0. The van der Waals surface area contributed by atoms with Crippen LogP contribution in [0.4, 0.5) is 0 Å². The van der Waals surface area contributed by atoms with Crippen LogP contribution in [0.25, 0.3) is 21.8 Å². The first-order valence-electron chi connectivity index (χ1n) is 7.82. The van der Waals surface area contributed by atoms with Gasteiger partial charge in [-0.3, -0.25) is 9.89 Å². The maximum absolute atomic E-state index is 12.9. The maximum atomic E-state index is 12.9. The van der Waals surface area contributed by atoms with Crippen LogP contribution < -0.4 is 11.3 Å². The summed E-state index contributed by atoms with van der Waals surface area (Å²) in [7, 11) is 0. The van der Waals surface area contributed by atoms with Crippen molar-refractivity contribution in [3.05, 3.63) is 39.3 Å². The van der Waals surface area contributed by atoms with Crippen LogP contribution in [0.1, 0.15) is 26.0 Å². The molecule has 0 aliphatic carbocycles. The summed E-state index contributed by atoms with van der Waals surface area (Å²) >= 11 is 6.14. The predicted molar refractivity (Wildman–Crippen MR) is 95.0 cm³/mol. The molecule has 1 unspecified atom stereocenters. The molecule has 5 nitrogen and oxygen atoms in total. The van der Waals surface area contributed by atoms with Crippen LogP contribution in [0, 0.1) is 12.8 Å². The first-order chi connectivity index (χ1) is 10.9. The number of fused-ring (bicyclic) bond motifs is 3. The molecule has 6 heteroatoms. The molecule has 0 radical (unpaired) electrons. The van der Waals surface area contributed by atoms with Gasteiger partial charge in [0.2, 0.25) is 0 Å². The lowest BCUT2D eigenvalue weighted by Gasteiger charge is -2.17. The number of rotatable bonds is 4. The van der Waals surface area contributed by atoms with Gasteiger partial charge in [0.15, 0.2) is 0 Å². The fourth-order valence-corrected chi connectivity index (χ4v) is 3.07. The minimum absolute atomic E-state index is 0.0305. The van der Waals surface area contributed by atoms with E-state index in [9.17, 15) is 4.79 Å². The topological polar surface area (TPSA) is 76.7 Å². The van der Waals surface area contributed by atoms with Crippen molar-refractivity contribution in [1.82, 2.24) is 14.8 Å². The average molecular weight is 333 g/mol. The van der Waals surface area contributed by atoms with Crippen LogP contribution in [0.2, 0.25) is 5.02 Å². The van der Waals surface area contributed by atoms with E-state index in [0.717, 1.165) is 23.0 Å². The van der Waals surface area contributed by atoms with E-state index in [1.165, 1.54) is 0 Å². The van der Waals surface area contributed by atoms with E-state index < -0.39 is 0 Å². The first kappa shape index (κ1) is 16.0. The summed E-state index contributed by atoms with van der Waals surface area (Å²) < 4.78 is 1.79. The molecule has 23 heavy (non-hydrogen) atoms. The summed E-state index contributed by atoms with van der Waals surface area (Å²) in [5.74, 6) is 0.380. The summed E-state index contributed by atoms with van der Waals surface area (Å²) in [5, 5.41) is 9.33. The van der Waals surface area contributed by atoms with Gasteiger partial charge in [0.1, 0.15) is 5.52 Å². The minimum Gasteiger partial charge on any atom is -0.327 e. The summed E-state index contributed by atoms with van der Waals surface area (Å²) in [6.07, 6.45) is 0.748. The number of aryl methyl sites for hydroxylation is 2. The molecule has 0 aliphatic heterocycles. The van der Waals surface area contributed by atoms with E-state index >= 15 is 0 Å². The summed E-state index contributed by atoms with van der Waals surface area (Å²) in [4.78, 5) is 12.9. The molecule has 3 rings (SSSR count). The van der Waals surface area contributed by atoms with Gasteiger partial charge in [0.25, 0.3) is 5.56 Å².